The maximum Gasteiger partial charge on any atom is 0.410 e. The van der Waals surface area contributed by atoms with Crippen LogP contribution in [0.4, 0.5) is 4.79 Å². The Morgan fingerprint density at radius 2 is 1.85 bits per heavy atom. The number of aromatic nitrogens is 2. The zero-order valence-electron chi connectivity index (χ0n) is 14.8. The van der Waals surface area contributed by atoms with Gasteiger partial charge in [0.15, 0.2) is 0 Å². The van der Waals surface area contributed by atoms with Crippen LogP contribution in [0.15, 0.2) is 42.7 Å². The fraction of sp³-hybridized carbons (Fsp3) is 0.400. The minimum atomic E-state index is -1.09. The molecule has 2 atom stereocenters. The van der Waals surface area contributed by atoms with Crippen LogP contribution in [0.25, 0.3) is 0 Å². The van der Waals surface area contributed by atoms with Crippen molar-refractivity contribution in [2.24, 2.45) is 0 Å². The summed E-state index contributed by atoms with van der Waals surface area (Å²) in [4.78, 5) is 22.3. The number of nitrogens with zero attached hydrogens (tertiary/aromatic N) is 4. The van der Waals surface area contributed by atoms with Crippen molar-refractivity contribution in [3.8, 4) is 6.07 Å². The molecule has 138 valence electrons. The van der Waals surface area contributed by atoms with E-state index in [0.717, 1.165) is 18.4 Å². The summed E-state index contributed by atoms with van der Waals surface area (Å²) >= 11 is 0. The zero-order valence-corrected chi connectivity index (χ0v) is 14.8. The summed E-state index contributed by atoms with van der Waals surface area (Å²) in [5, 5.41) is 20.0. The molecule has 1 aromatic carbocycles. The summed E-state index contributed by atoms with van der Waals surface area (Å²) in [6.45, 7) is 0.239. The van der Waals surface area contributed by atoms with E-state index in [0.29, 0.717) is 18.4 Å². The summed E-state index contributed by atoms with van der Waals surface area (Å²) in [6, 6.07) is 11.3. The van der Waals surface area contributed by atoms with Crippen LogP contribution in [-0.2, 0) is 16.9 Å². The molecule has 0 saturated carbocycles. The highest BCUT2D eigenvalue weighted by Crippen LogP contribution is 2.45. The number of amides is 1. The smallest absolute Gasteiger partial charge is 0.410 e. The van der Waals surface area contributed by atoms with Crippen LogP contribution < -0.4 is 0 Å². The molecule has 7 nitrogen and oxygen atoms in total. The molecule has 0 spiro atoms. The third kappa shape index (κ3) is 3.36. The van der Waals surface area contributed by atoms with Gasteiger partial charge in [0.2, 0.25) is 5.82 Å². The summed E-state index contributed by atoms with van der Waals surface area (Å²) < 4.78 is 5.50. The molecule has 0 radical (unpaired) electrons. The monoisotopic (exact) mass is 364 g/mol. The Balaban J connectivity index is 1.45. The number of benzene rings is 1. The standard InChI is InChI=1S/C20H20N4O3/c21-10-18-22-11-15(12-23-18)20(26)8-16-6-7-17(9-20)24(16)19(25)27-13-14-4-2-1-3-5-14/h1-5,11-12,16-17,26H,6-9,13H2. The van der Waals surface area contributed by atoms with E-state index in [4.69, 9.17) is 10.00 Å². The van der Waals surface area contributed by atoms with Crippen molar-refractivity contribution in [3.05, 3.63) is 59.7 Å². The van der Waals surface area contributed by atoms with E-state index in [1.54, 1.807) is 4.90 Å². The van der Waals surface area contributed by atoms with E-state index < -0.39 is 5.60 Å². The highest BCUT2D eigenvalue weighted by atomic mass is 16.6. The Morgan fingerprint density at radius 1 is 1.22 bits per heavy atom. The number of carbonyl (C=O) groups is 1. The second kappa shape index (κ2) is 6.97. The molecule has 7 heteroatoms. The summed E-state index contributed by atoms with van der Waals surface area (Å²) in [5.41, 5.74) is 0.452. The summed E-state index contributed by atoms with van der Waals surface area (Å²) in [7, 11) is 0. The molecule has 1 aromatic heterocycles. The fourth-order valence-electron chi connectivity index (χ4n) is 4.18. The molecule has 2 bridgehead atoms. The molecule has 1 amide bonds. The number of rotatable bonds is 3. The lowest BCUT2D eigenvalue weighted by atomic mass is 9.82. The predicted octanol–water partition coefficient (Wildman–Crippen LogP) is 2.50. The summed E-state index contributed by atoms with van der Waals surface area (Å²) in [5.74, 6) is 0.0762. The fourth-order valence-corrected chi connectivity index (χ4v) is 4.18. The Hall–Kier alpha value is -2.98. The Kier molecular flexibility index (Phi) is 4.50. The first kappa shape index (κ1) is 17.4. The van der Waals surface area contributed by atoms with E-state index >= 15 is 0 Å². The number of aliphatic hydroxyl groups is 1. The molecule has 2 aromatic rings. The molecule has 0 aliphatic carbocycles. The minimum Gasteiger partial charge on any atom is -0.445 e. The second-order valence-corrected chi connectivity index (χ2v) is 7.18. The molecule has 2 unspecified atom stereocenters. The first-order valence-electron chi connectivity index (χ1n) is 9.03. The van der Waals surface area contributed by atoms with Crippen LogP contribution in [-0.4, -0.2) is 38.2 Å². The number of piperidine rings is 1. The van der Waals surface area contributed by atoms with Gasteiger partial charge in [0, 0.05) is 42.9 Å². The van der Waals surface area contributed by atoms with Crippen molar-refractivity contribution in [2.75, 3.05) is 0 Å². The molecule has 4 rings (SSSR count). The summed E-state index contributed by atoms with van der Waals surface area (Å²) in [6.07, 6.45) is 5.19. The Morgan fingerprint density at radius 3 is 2.44 bits per heavy atom. The molecule has 2 aliphatic heterocycles. The van der Waals surface area contributed by atoms with Crippen molar-refractivity contribution in [3.63, 3.8) is 0 Å². The van der Waals surface area contributed by atoms with Gasteiger partial charge in [-0.25, -0.2) is 14.8 Å². The van der Waals surface area contributed by atoms with Crippen molar-refractivity contribution in [1.82, 2.24) is 14.9 Å². The lowest BCUT2D eigenvalue weighted by Crippen LogP contribution is -2.52. The Bertz CT molecular complexity index is 849. The SMILES string of the molecule is N#Cc1ncc(C2(O)CC3CCC(C2)N3C(=O)OCc2ccccc2)cn1. The van der Waals surface area contributed by atoms with Crippen LogP contribution in [0.3, 0.4) is 0 Å². The number of hydrogen-bond donors (Lipinski definition) is 1. The lowest BCUT2D eigenvalue weighted by molar-refractivity contribution is -0.0540. The van der Waals surface area contributed by atoms with Crippen LogP contribution in [0.1, 0.15) is 42.6 Å². The van der Waals surface area contributed by atoms with Gasteiger partial charge in [-0.05, 0) is 18.4 Å². The molecular weight excluding hydrogens is 344 g/mol. The molecule has 1 N–H and O–H groups in total. The van der Waals surface area contributed by atoms with Crippen molar-refractivity contribution in [2.45, 2.75) is 50.0 Å². The highest BCUT2D eigenvalue weighted by Gasteiger charge is 2.50. The average Bonchev–Trinajstić information content (AvgIpc) is 2.99. The van der Waals surface area contributed by atoms with Gasteiger partial charge in [0.05, 0.1) is 5.60 Å². The normalized spacial score (nSPS) is 26.4. The van der Waals surface area contributed by atoms with Crippen LogP contribution in [0.2, 0.25) is 0 Å². The van der Waals surface area contributed by atoms with Gasteiger partial charge in [-0.1, -0.05) is 30.3 Å². The van der Waals surface area contributed by atoms with Crippen molar-refractivity contribution >= 4 is 6.09 Å². The molecule has 2 aliphatic rings. The average molecular weight is 364 g/mol. The highest BCUT2D eigenvalue weighted by molar-refractivity contribution is 5.69. The molecule has 2 fully saturated rings. The van der Waals surface area contributed by atoms with E-state index in [9.17, 15) is 9.90 Å². The van der Waals surface area contributed by atoms with Crippen LogP contribution in [0.5, 0.6) is 0 Å². The van der Waals surface area contributed by atoms with Crippen LogP contribution in [0, 0.1) is 11.3 Å². The second-order valence-electron chi connectivity index (χ2n) is 7.18. The third-order valence-electron chi connectivity index (χ3n) is 5.47. The number of carbonyl (C=O) groups excluding carboxylic acids is 1. The Labute approximate surface area is 157 Å². The van der Waals surface area contributed by atoms with E-state index in [1.807, 2.05) is 36.4 Å². The van der Waals surface area contributed by atoms with E-state index in [1.165, 1.54) is 12.4 Å². The van der Waals surface area contributed by atoms with Crippen molar-refractivity contribution < 1.29 is 14.6 Å². The van der Waals surface area contributed by atoms with Gasteiger partial charge >= 0.3 is 6.09 Å². The van der Waals surface area contributed by atoms with Gasteiger partial charge in [0.1, 0.15) is 12.7 Å². The van der Waals surface area contributed by atoms with Gasteiger partial charge in [-0.2, -0.15) is 5.26 Å². The maximum atomic E-state index is 12.6. The van der Waals surface area contributed by atoms with Crippen molar-refractivity contribution in [1.29, 1.82) is 5.26 Å². The number of hydrogen-bond acceptors (Lipinski definition) is 6. The first-order valence-corrected chi connectivity index (χ1v) is 9.03. The number of ether oxygens (including phenoxy) is 1. The maximum absolute atomic E-state index is 12.6. The predicted molar refractivity (Wildman–Crippen MR) is 95.2 cm³/mol. The van der Waals surface area contributed by atoms with Gasteiger partial charge in [-0.3, -0.25) is 0 Å². The quantitative estimate of drug-likeness (QED) is 0.898. The zero-order chi connectivity index (χ0) is 18.9. The largest absolute Gasteiger partial charge is 0.445 e. The van der Waals surface area contributed by atoms with Crippen LogP contribution >= 0.6 is 0 Å². The number of nitriles is 1. The van der Waals surface area contributed by atoms with Gasteiger partial charge < -0.3 is 14.7 Å². The van der Waals surface area contributed by atoms with Gasteiger partial charge in [0.25, 0.3) is 0 Å². The topological polar surface area (TPSA) is 99.3 Å². The molecule has 27 heavy (non-hydrogen) atoms. The lowest BCUT2D eigenvalue weighted by Gasteiger charge is -2.43. The minimum absolute atomic E-state index is 0.0762. The van der Waals surface area contributed by atoms with E-state index in [-0.39, 0.29) is 30.6 Å². The molecular formula is C20H20N4O3. The first-order chi connectivity index (χ1) is 13.1. The molecule has 3 heterocycles. The third-order valence-corrected chi connectivity index (χ3v) is 5.47. The van der Waals surface area contributed by atoms with Gasteiger partial charge in [-0.15, -0.1) is 0 Å². The molecule has 2 saturated heterocycles. The number of fused-ring (bicyclic) bond motifs is 2. The van der Waals surface area contributed by atoms with E-state index in [2.05, 4.69) is 9.97 Å².